The SMILES string of the molecule is [NH3+][C@H](CC(=O)[O-])c1ccc([N+](=O)[O-])cc1. The lowest BCUT2D eigenvalue weighted by Gasteiger charge is -2.08. The van der Waals surface area contributed by atoms with E-state index in [0.717, 1.165) is 0 Å². The van der Waals surface area contributed by atoms with Gasteiger partial charge >= 0.3 is 0 Å². The van der Waals surface area contributed by atoms with E-state index in [0.29, 0.717) is 5.56 Å². The van der Waals surface area contributed by atoms with Crippen LogP contribution in [0.1, 0.15) is 18.0 Å². The molecule has 3 N–H and O–H groups in total. The van der Waals surface area contributed by atoms with Crippen molar-refractivity contribution in [1.29, 1.82) is 0 Å². The maximum absolute atomic E-state index is 10.3. The Morgan fingerprint density at radius 3 is 2.33 bits per heavy atom. The Labute approximate surface area is 85.5 Å². The zero-order valence-corrected chi connectivity index (χ0v) is 7.88. The third-order valence-electron chi connectivity index (χ3n) is 1.99. The number of hydrogen-bond acceptors (Lipinski definition) is 4. The van der Waals surface area contributed by atoms with Crippen molar-refractivity contribution in [3.8, 4) is 0 Å². The van der Waals surface area contributed by atoms with Crippen LogP contribution in [0.25, 0.3) is 0 Å². The minimum Gasteiger partial charge on any atom is -0.550 e. The van der Waals surface area contributed by atoms with Crippen LogP contribution in [0.4, 0.5) is 5.69 Å². The van der Waals surface area contributed by atoms with E-state index >= 15 is 0 Å². The monoisotopic (exact) mass is 210 g/mol. The van der Waals surface area contributed by atoms with E-state index in [1.807, 2.05) is 0 Å². The number of rotatable bonds is 4. The lowest BCUT2D eigenvalue weighted by molar-refractivity contribution is -0.430. The van der Waals surface area contributed by atoms with Gasteiger partial charge in [0.05, 0.1) is 4.92 Å². The number of benzene rings is 1. The first-order chi connectivity index (χ1) is 7.00. The fraction of sp³-hybridized carbons (Fsp3) is 0.222. The molecule has 0 heterocycles. The number of non-ortho nitro benzene ring substituents is 1. The van der Waals surface area contributed by atoms with Crippen molar-refractivity contribution in [2.45, 2.75) is 12.5 Å². The highest BCUT2D eigenvalue weighted by molar-refractivity contribution is 5.65. The van der Waals surface area contributed by atoms with Crippen molar-refractivity contribution in [1.82, 2.24) is 0 Å². The first-order valence-electron chi connectivity index (χ1n) is 4.28. The van der Waals surface area contributed by atoms with Crippen molar-refractivity contribution in [2.24, 2.45) is 0 Å². The second-order valence-electron chi connectivity index (χ2n) is 3.12. The maximum Gasteiger partial charge on any atom is 0.269 e. The molecule has 1 atom stereocenters. The van der Waals surface area contributed by atoms with E-state index in [1.54, 1.807) is 0 Å². The summed E-state index contributed by atoms with van der Waals surface area (Å²) in [5.41, 5.74) is 4.25. The van der Waals surface area contributed by atoms with Gasteiger partial charge in [0, 0.05) is 30.1 Å². The Hall–Kier alpha value is -1.95. The predicted molar refractivity (Wildman–Crippen MR) is 48.3 cm³/mol. The Morgan fingerprint density at radius 1 is 1.40 bits per heavy atom. The van der Waals surface area contributed by atoms with Crippen LogP contribution < -0.4 is 10.8 Å². The van der Waals surface area contributed by atoms with Crippen LogP contribution in [-0.2, 0) is 4.79 Å². The van der Waals surface area contributed by atoms with Gasteiger partial charge in [-0.3, -0.25) is 10.1 Å². The maximum atomic E-state index is 10.3. The molecule has 6 heteroatoms. The van der Waals surface area contributed by atoms with Gasteiger partial charge in [-0.15, -0.1) is 0 Å². The first-order valence-corrected chi connectivity index (χ1v) is 4.28. The normalized spacial score (nSPS) is 12.1. The highest BCUT2D eigenvalue weighted by atomic mass is 16.6. The number of aliphatic carboxylic acids is 1. The molecule has 0 saturated carbocycles. The lowest BCUT2D eigenvalue weighted by atomic mass is 10.0. The number of nitrogens with zero attached hydrogens (tertiary/aromatic N) is 1. The van der Waals surface area contributed by atoms with Crippen molar-refractivity contribution >= 4 is 11.7 Å². The number of nitro benzene ring substituents is 1. The quantitative estimate of drug-likeness (QED) is 0.508. The zero-order chi connectivity index (χ0) is 11.4. The van der Waals surface area contributed by atoms with Gasteiger partial charge in [0.25, 0.3) is 5.69 Å². The van der Waals surface area contributed by atoms with Gasteiger partial charge in [0.2, 0.25) is 0 Å². The summed E-state index contributed by atoms with van der Waals surface area (Å²) in [5, 5.41) is 20.6. The van der Waals surface area contributed by atoms with Gasteiger partial charge < -0.3 is 15.6 Å². The summed E-state index contributed by atoms with van der Waals surface area (Å²) < 4.78 is 0. The van der Waals surface area contributed by atoms with Gasteiger partial charge in [0.15, 0.2) is 0 Å². The van der Waals surface area contributed by atoms with Crippen LogP contribution in [0, 0.1) is 10.1 Å². The van der Waals surface area contributed by atoms with Crippen LogP contribution in [0.5, 0.6) is 0 Å². The van der Waals surface area contributed by atoms with Gasteiger partial charge in [-0.2, -0.15) is 0 Å². The van der Waals surface area contributed by atoms with Gasteiger partial charge in [-0.25, -0.2) is 0 Å². The van der Waals surface area contributed by atoms with E-state index < -0.39 is 16.9 Å². The minimum atomic E-state index is -1.19. The molecule has 0 aliphatic heterocycles. The third-order valence-corrected chi connectivity index (χ3v) is 1.99. The molecule has 0 aliphatic rings. The number of carbonyl (C=O) groups excluding carboxylic acids is 1. The number of quaternary nitrogens is 1. The van der Waals surface area contributed by atoms with E-state index in [-0.39, 0.29) is 12.1 Å². The molecular formula is C9H10N2O4. The van der Waals surface area contributed by atoms with E-state index in [2.05, 4.69) is 5.73 Å². The smallest absolute Gasteiger partial charge is 0.269 e. The highest BCUT2D eigenvalue weighted by Gasteiger charge is 2.11. The van der Waals surface area contributed by atoms with E-state index in [9.17, 15) is 20.0 Å². The lowest BCUT2D eigenvalue weighted by Crippen LogP contribution is -2.55. The minimum absolute atomic E-state index is 0.0283. The van der Waals surface area contributed by atoms with Crippen LogP contribution in [0.3, 0.4) is 0 Å². The molecule has 15 heavy (non-hydrogen) atoms. The summed E-state index contributed by atoms with van der Waals surface area (Å²) in [5.74, 6) is -1.19. The topological polar surface area (TPSA) is 111 Å². The number of carboxylic acid groups (broad SMARTS) is 1. The van der Waals surface area contributed by atoms with Gasteiger partial charge in [0.1, 0.15) is 6.04 Å². The standard InChI is InChI=1S/C9H10N2O4/c10-8(5-9(12)13)6-1-3-7(4-2-6)11(14)15/h1-4,8H,5,10H2,(H,12,13)/t8-/m1/s1. The Morgan fingerprint density at radius 2 is 1.93 bits per heavy atom. The van der Waals surface area contributed by atoms with E-state index in [1.165, 1.54) is 24.3 Å². The Balaban J connectivity index is 2.79. The molecule has 0 amide bonds. The van der Waals surface area contributed by atoms with Crippen LogP contribution >= 0.6 is 0 Å². The summed E-state index contributed by atoms with van der Waals surface area (Å²) in [6, 6.07) is 5.19. The third kappa shape index (κ3) is 3.03. The number of carboxylic acids is 1. The molecular weight excluding hydrogens is 200 g/mol. The molecule has 1 aromatic carbocycles. The van der Waals surface area contributed by atoms with Crippen molar-refractivity contribution in [3.63, 3.8) is 0 Å². The molecule has 0 bridgehead atoms. The molecule has 0 saturated heterocycles. The zero-order valence-electron chi connectivity index (χ0n) is 7.88. The number of hydrogen-bond donors (Lipinski definition) is 1. The summed E-state index contributed by atoms with van der Waals surface area (Å²) in [4.78, 5) is 20.1. The molecule has 0 unspecified atom stereocenters. The molecule has 6 nitrogen and oxygen atoms in total. The predicted octanol–water partition coefficient (Wildman–Crippen LogP) is -0.982. The fourth-order valence-electron chi connectivity index (χ4n) is 1.19. The number of nitro groups is 1. The fourth-order valence-corrected chi connectivity index (χ4v) is 1.19. The van der Waals surface area contributed by atoms with Crippen LogP contribution in [-0.4, -0.2) is 10.9 Å². The summed E-state index contributed by atoms with van der Waals surface area (Å²) in [6.45, 7) is 0. The average molecular weight is 210 g/mol. The first kappa shape index (κ1) is 11.1. The summed E-state index contributed by atoms with van der Waals surface area (Å²) in [7, 11) is 0. The molecule has 0 aliphatic carbocycles. The summed E-state index contributed by atoms with van der Waals surface area (Å²) >= 11 is 0. The molecule has 1 aromatic rings. The largest absolute Gasteiger partial charge is 0.550 e. The van der Waals surface area contributed by atoms with Gasteiger partial charge in [-0.1, -0.05) is 0 Å². The highest BCUT2D eigenvalue weighted by Crippen LogP contribution is 2.16. The average Bonchev–Trinajstić information content (AvgIpc) is 2.17. The number of carbonyl (C=O) groups is 1. The van der Waals surface area contributed by atoms with Crippen LogP contribution in [0.15, 0.2) is 24.3 Å². The Kier molecular flexibility index (Phi) is 3.35. The molecule has 0 aromatic heterocycles. The molecule has 0 fully saturated rings. The van der Waals surface area contributed by atoms with Gasteiger partial charge in [-0.05, 0) is 12.1 Å². The van der Waals surface area contributed by atoms with Crippen LogP contribution in [0.2, 0.25) is 0 Å². The second kappa shape index (κ2) is 4.52. The van der Waals surface area contributed by atoms with Crippen molar-refractivity contribution < 1.29 is 20.6 Å². The van der Waals surface area contributed by atoms with E-state index in [4.69, 9.17) is 0 Å². The summed E-state index contributed by atoms with van der Waals surface area (Å²) in [6.07, 6.45) is -0.197. The Bertz CT molecular complexity index is 374. The van der Waals surface area contributed by atoms with Crippen molar-refractivity contribution in [3.05, 3.63) is 39.9 Å². The van der Waals surface area contributed by atoms with Crippen molar-refractivity contribution in [2.75, 3.05) is 0 Å². The molecule has 0 radical (unpaired) electrons. The molecule has 80 valence electrons. The second-order valence-corrected chi connectivity index (χ2v) is 3.12. The molecule has 1 rings (SSSR count). The molecule has 0 spiro atoms.